The van der Waals surface area contributed by atoms with Crippen LogP contribution < -0.4 is 0 Å². The summed E-state index contributed by atoms with van der Waals surface area (Å²) in [6.45, 7) is 0. The van der Waals surface area contributed by atoms with E-state index >= 15 is 0 Å². The fraction of sp³-hybridized carbons (Fsp3) is 0. The molecule has 0 amide bonds. The Labute approximate surface area is 90.1 Å². The molecule has 2 rings (SSSR count). The van der Waals surface area contributed by atoms with E-state index in [1.807, 2.05) is 0 Å². The molecular formula is C8H5Cl2NO2S. The van der Waals surface area contributed by atoms with Crippen LogP contribution in [0.2, 0.25) is 5.15 Å². The second kappa shape index (κ2) is 3.15. The van der Waals surface area contributed by atoms with Crippen molar-refractivity contribution >= 4 is 42.2 Å². The van der Waals surface area contributed by atoms with Crippen LogP contribution in [0.4, 0.5) is 0 Å². The average molecular weight is 250 g/mol. The van der Waals surface area contributed by atoms with Gasteiger partial charge in [0.15, 0.2) is 0 Å². The molecule has 1 heterocycles. The highest BCUT2D eigenvalue weighted by Crippen LogP contribution is 2.27. The van der Waals surface area contributed by atoms with Gasteiger partial charge in [-0.25, -0.2) is 8.42 Å². The number of nitrogens with one attached hydrogen (secondary N) is 1. The van der Waals surface area contributed by atoms with Crippen molar-refractivity contribution in [3.05, 3.63) is 29.4 Å². The zero-order chi connectivity index (χ0) is 10.3. The Kier molecular flexibility index (Phi) is 2.21. The van der Waals surface area contributed by atoms with Crippen LogP contribution in [0.15, 0.2) is 29.2 Å². The van der Waals surface area contributed by atoms with Crippen molar-refractivity contribution in [2.24, 2.45) is 0 Å². The fourth-order valence-corrected chi connectivity index (χ4v) is 2.55. The summed E-state index contributed by atoms with van der Waals surface area (Å²) in [5, 5.41) is 1.10. The van der Waals surface area contributed by atoms with Gasteiger partial charge in [0.05, 0.1) is 5.52 Å². The van der Waals surface area contributed by atoms with Crippen LogP contribution in [0.1, 0.15) is 0 Å². The van der Waals surface area contributed by atoms with Gasteiger partial charge in [-0.15, -0.1) is 0 Å². The maximum atomic E-state index is 11.2. The molecule has 0 aliphatic heterocycles. The number of fused-ring (bicyclic) bond motifs is 1. The summed E-state index contributed by atoms with van der Waals surface area (Å²) in [6.07, 6.45) is 0. The molecule has 0 aliphatic rings. The van der Waals surface area contributed by atoms with Gasteiger partial charge in [0.2, 0.25) is 0 Å². The predicted molar refractivity (Wildman–Crippen MR) is 56.3 cm³/mol. The van der Waals surface area contributed by atoms with Crippen LogP contribution in [0.5, 0.6) is 0 Å². The molecule has 0 bridgehead atoms. The number of rotatable bonds is 1. The minimum Gasteiger partial charge on any atom is -0.345 e. The van der Waals surface area contributed by atoms with Gasteiger partial charge in [0.25, 0.3) is 9.05 Å². The average Bonchev–Trinajstić information content (AvgIpc) is 2.41. The Hall–Kier alpha value is -0.710. The van der Waals surface area contributed by atoms with Crippen LogP contribution in [-0.4, -0.2) is 13.4 Å². The van der Waals surface area contributed by atoms with Crippen molar-refractivity contribution in [2.45, 2.75) is 4.90 Å². The van der Waals surface area contributed by atoms with Gasteiger partial charge in [-0.05, 0) is 12.1 Å². The van der Waals surface area contributed by atoms with Gasteiger partial charge in [-0.2, -0.15) is 0 Å². The van der Waals surface area contributed by atoms with Crippen molar-refractivity contribution < 1.29 is 8.42 Å². The topological polar surface area (TPSA) is 49.9 Å². The molecule has 2 aromatic rings. The Morgan fingerprint density at radius 2 is 2.00 bits per heavy atom. The first-order valence-electron chi connectivity index (χ1n) is 3.70. The van der Waals surface area contributed by atoms with Crippen LogP contribution in [0.3, 0.4) is 0 Å². The van der Waals surface area contributed by atoms with Crippen LogP contribution in [0.25, 0.3) is 10.9 Å². The molecule has 0 spiro atoms. The fourth-order valence-electron chi connectivity index (χ4n) is 1.30. The van der Waals surface area contributed by atoms with Crippen molar-refractivity contribution in [1.29, 1.82) is 0 Å². The summed E-state index contributed by atoms with van der Waals surface area (Å²) in [4.78, 5) is 2.78. The number of hydrogen-bond donors (Lipinski definition) is 1. The van der Waals surface area contributed by atoms with Crippen molar-refractivity contribution in [1.82, 2.24) is 4.98 Å². The first-order chi connectivity index (χ1) is 6.48. The van der Waals surface area contributed by atoms with E-state index in [2.05, 4.69) is 4.98 Å². The molecule has 1 aromatic heterocycles. The summed E-state index contributed by atoms with van der Waals surface area (Å²) >= 11 is 5.71. The number of benzene rings is 1. The molecule has 0 fully saturated rings. The molecule has 0 aliphatic carbocycles. The maximum Gasteiger partial charge on any atom is 0.263 e. The zero-order valence-electron chi connectivity index (χ0n) is 6.79. The molecule has 1 aromatic carbocycles. The van der Waals surface area contributed by atoms with E-state index in [1.54, 1.807) is 18.2 Å². The summed E-state index contributed by atoms with van der Waals surface area (Å²) in [7, 11) is 1.52. The van der Waals surface area contributed by atoms with E-state index in [9.17, 15) is 8.42 Å². The molecule has 1 N–H and O–H groups in total. The summed E-state index contributed by atoms with van der Waals surface area (Å²) in [6, 6.07) is 6.44. The molecule has 3 nitrogen and oxygen atoms in total. The van der Waals surface area contributed by atoms with Gasteiger partial charge >= 0.3 is 0 Å². The van der Waals surface area contributed by atoms with Crippen molar-refractivity contribution in [3.8, 4) is 0 Å². The summed E-state index contributed by atoms with van der Waals surface area (Å²) < 4.78 is 22.3. The highest BCUT2D eigenvalue weighted by molar-refractivity contribution is 8.14. The molecule has 74 valence electrons. The van der Waals surface area contributed by atoms with Crippen LogP contribution in [0, 0.1) is 0 Å². The lowest BCUT2D eigenvalue weighted by Crippen LogP contribution is -1.91. The first kappa shape index (κ1) is 9.83. The summed E-state index contributed by atoms with van der Waals surface area (Å²) in [5.74, 6) is 0. The molecule has 0 radical (unpaired) electrons. The normalized spacial score (nSPS) is 12.1. The van der Waals surface area contributed by atoms with Crippen molar-refractivity contribution in [2.75, 3.05) is 0 Å². The molecule has 14 heavy (non-hydrogen) atoms. The molecule has 0 atom stereocenters. The second-order valence-corrected chi connectivity index (χ2v) is 5.72. The van der Waals surface area contributed by atoms with E-state index in [-0.39, 0.29) is 4.90 Å². The Morgan fingerprint density at radius 3 is 2.64 bits per heavy atom. The third kappa shape index (κ3) is 1.61. The zero-order valence-corrected chi connectivity index (χ0v) is 9.12. The lowest BCUT2D eigenvalue weighted by atomic mass is 10.2. The minimum atomic E-state index is -3.73. The van der Waals surface area contributed by atoms with Gasteiger partial charge < -0.3 is 4.98 Å². The van der Waals surface area contributed by atoms with E-state index in [1.165, 1.54) is 6.07 Å². The van der Waals surface area contributed by atoms with Crippen LogP contribution in [-0.2, 0) is 9.05 Å². The monoisotopic (exact) mass is 249 g/mol. The first-order valence-corrected chi connectivity index (χ1v) is 6.39. The number of H-pyrrole nitrogens is 1. The summed E-state index contributed by atoms with van der Waals surface area (Å²) in [5.41, 5.74) is 0.438. The molecule has 0 saturated heterocycles. The molecule has 0 saturated carbocycles. The third-order valence-corrected chi connectivity index (χ3v) is 3.42. The van der Waals surface area contributed by atoms with Gasteiger partial charge in [0, 0.05) is 16.1 Å². The van der Waals surface area contributed by atoms with E-state index in [4.69, 9.17) is 22.3 Å². The molecule has 0 unspecified atom stereocenters. The number of aromatic amines is 1. The highest BCUT2D eigenvalue weighted by atomic mass is 35.7. The largest absolute Gasteiger partial charge is 0.345 e. The van der Waals surface area contributed by atoms with E-state index < -0.39 is 9.05 Å². The minimum absolute atomic E-state index is 0.0450. The number of aromatic nitrogens is 1. The quantitative estimate of drug-likeness (QED) is 0.791. The standard InChI is InChI=1S/C8H5Cl2NO2S/c9-7-4-5-2-1-3-6(8(5)11-7)14(10,12)13/h1-4,11H. The SMILES string of the molecule is O=S(=O)(Cl)c1cccc2cc(Cl)[nH]c12. The maximum absolute atomic E-state index is 11.2. The Balaban J connectivity index is 2.90. The third-order valence-electron chi connectivity index (χ3n) is 1.85. The van der Waals surface area contributed by atoms with E-state index in [0.717, 1.165) is 5.39 Å². The lowest BCUT2D eigenvalue weighted by molar-refractivity contribution is 0.610. The molecular weight excluding hydrogens is 245 g/mol. The highest BCUT2D eigenvalue weighted by Gasteiger charge is 2.15. The molecule has 6 heteroatoms. The van der Waals surface area contributed by atoms with Gasteiger partial charge in [-0.3, -0.25) is 0 Å². The van der Waals surface area contributed by atoms with E-state index in [0.29, 0.717) is 10.7 Å². The Morgan fingerprint density at radius 1 is 1.29 bits per heavy atom. The smallest absolute Gasteiger partial charge is 0.263 e. The van der Waals surface area contributed by atoms with Crippen molar-refractivity contribution in [3.63, 3.8) is 0 Å². The van der Waals surface area contributed by atoms with Crippen LogP contribution >= 0.6 is 22.3 Å². The Bertz CT molecular complexity index is 588. The number of hydrogen-bond acceptors (Lipinski definition) is 2. The van der Waals surface area contributed by atoms with Gasteiger partial charge in [0.1, 0.15) is 10.0 Å². The number of halogens is 2. The van der Waals surface area contributed by atoms with Gasteiger partial charge in [-0.1, -0.05) is 23.7 Å². The number of para-hydroxylation sites is 1. The predicted octanol–water partition coefficient (Wildman–Crippen LogP) is 2.75. The second-order valence-electron chi connectivity index (χ2n) is 2.78. The lowest BCUT2D eigenvalue weighted by Gasteiger charge is -1.97.